The van der Waals surface area contributed by atoms with E-state index in [1.54, 1.807) is 31.4 Å². The average Bonchev–Trinajstić information content (AvgIpc) is 2.60. The van der Waals surface area contributed by atoms with Gasteiger partial charge < -0.3 is 19.5 Å². The topological polar surface area (TPSA) is 118 Å². The summed E-state index contributed by atoms with van der Waals surface area (Å²) in [6.45, 7) is 0. The van der Waals surface area contributed by atoms with E-state index in [-0.39, 0.29) is 22.8 Å². The SMILES string of the molecule is COc1ccc(CCS(=O)(=O)Nc2cc(B(O)O)cnc2OC)cc1. The number of aromatic nitrogens is 1. The van der Waals surface area contributed by atoms with Crippen LogP contribution in [0.15, 0.2) is 36.5 Å². The van der Waals surface area contributed by atoms with Crippen LogP contribution >= 0.6 is 0 Å². The van der Waals surface area contributed by atoms with Gasteiger partial charge in [-0.3, -0.25) is 4.72 Å². The summed E-state index contributed by atoms with van der Waals surface area (Å²) < 4.78 is 37.0. The van der Waals surface area contributed by atoms with Crippen molar-refractivity contribution in [3.05, 3.63) is 42.1 Å². The molecule has 10 heteroatoms. The maximum Gasteiger partial charge on any atom is 0.490 e. The molecule has 0 bridgehead atoms. The molecule has 1 aromatic heterocycles. The molecule has 0 saturated heterocycles. The van der Waals surface area contributed by atoms with Gasteiger partial charge >= 0.3 is 7.12 Å². The van der Waals surface area contributed by atoms with Gasteiger partial charge in [-0.05, 0) is 30.2 Å². The summed E-state index contributed by atoms with van der Waals surface area (Å²) in [5.74, 6) is 0.575. The van der Waals surface area contributed by atoms with E-state index in [0.717, 1.165) is 5.56 Å². The van der Waals surface area contributed by atoms with Gasteiger partial charge in [-0.1, -0.05) is 12.1 Å². The van der Waals surface area contributed by atoms with Crippen LogP contribution in [0.5, 0.6) is 11.6 Å². The highest BCUT2D eigenvalue weighted by molar-refractivity contribution is 7.92. The smallest absolute Gasteiger partial charge is 0.490 e. The Morgan fingerprint density at radius 2 is 1.84 bits per heavy atom. The summed E-state index contributed by atoms with van der Waals surface area (Å²) in [6, 6.07) is 8.36. The van der Waals surface area contributed by atoms with Crippen molar-refractivity contribution in [3.8, 4) is 11.6 Å². The number of sulfonamides is 1. The molecule has 1 aromatic carbocycles. The van der Waals surface area contributed by atoms with Crippen LogP contribution in [-0.4, -0.2) is 50.5 Å². The second-order valence-corrected chi connectivity index (χ2v) is 7.06. The molecule has 0 radical (unpaired) electrons. The number of hydrogen-bond acceptors (Lipinski definition) is 7. The Balaban J connectivity index is 2.10. The molecule has 134 valence electrons. The number of nitrogens with zero attached hydrogens (tertiary/aromatic N) is 1. The lowest BCUT2D eigenvalue weighted by atomic mass is 9.81. The highest BCUT2D eigenvalue weighted by Gasteiger charge is 2.19. The zero-order valence-corrected chi connectivity index (χ0v) is 14.7. The van der Waals surface area contributed by atoms with Crippen LogP contribution in [0.25, 0.3) is 0 Å². The Labute approximate surface area is 146 Å². The first-order valence-electron chi connectivity index (χ1n) is 7.38. The fraction of sp³-hybridized carbons (Fsp3) is 0.267. The number of anilines is 1. The standard InChI is InChI=1S/C15H19BN2O6S/c1-23-13-5-3-11(4-6-13)7-8-25(21,22)18-14-9-12(16(19)20)10-17-15(14)24-2/h3-6,9-10,18-20H,7-8H2,1-2H3. The molecular formula is C15H19BN2O6S. The second kappa shape index (κ2) is 8.19. The van der Waals surface area contributed by atoms with Crippen molar-refractivity contribution in [1.29, 1.82) is 0 Å². The lowest BCUT2D eigenvalue weighted by Gasteiger charge is -2.12. The minimum absolute atomic E-state index is 0.0393. The molecule has 0 aliphatic rings. The van der Waals surface area contributed by atoms with Gasteiger partial charge in [0.2, 0.25) is 15.9 Å². The summed E-state index contributed by atoms with van der Waals surface area (Å²) >= 11 is 0. The number of aryl methyl sites for hydroxylation is 1. The van der Waals surface area contributed by atoms with Crippen molar-refractivity contribution >= 4 is 28.3 Å². The Morgan fingerprint density at radius 1 is 1.16 bits per heavy atom. The summed E-state index contributed by atoms with van der Waals surface area (Å²) in [6.07, 6.45) is 1.50. The first-order chi connectivity index (χ1) is 11.8. The number of hydrogen-bond donors (Lipinski definition) is 3. The lowest BCUT2D eigenvalue weighted by Crippen LogP contribution is -2.31. The minimum atomic E-state index is -3.69. The molecule has 0 aliphatic heterocycles. The highest BCUT2D eigenvalue weighted by atomic mass is 32.2. The van der Waals surface area contributed by atoms with Crippen LogP contribution in [0.2, 0.25) is 0 Å². The lowest BCUT2D eigenvalue weighted by molar-refractivity contribution is 0.399. The maximum atomic E-state index is 12.3. The quantitative estimate of drug-likeness (QED) is 0.552. The number of benzene rings is 1. The van der Waals surface area contributed by atoms with Gasteiger partial charge in [-0.2, -0.15) is 0 Å². The largest absolute Gasteiger partial charge is 0.497 e. The van der Waals surface area contributed by atoms with E-state index in [9.17, 15) is 18.5 Å². The Kier molecular flexibility index (Phi) is 6.24. The molecule has 1 heterocycles. The molecular weight excluding hydrogens is 347 g/mol. The van der Waals surface area contributed by atoms with Crippen molar-refractivity contribution in [2.45, 2.75) is 6.42 Å². The zero-order valence-electron chi connectivity index (χ0n) is 13.8. The Bertz CT molecular complexity index is 811. The molecule has 0 aliphatic carbocycles. The number of ether oxygens (including phenoxy) is 2. The van der Waals surface area contributed by atoms with Gasteiger partial charge in [0.25, 0.3) is 0 Å². The molecule has 25 heavy (non-hydrogen) atoms. The van der Waals surface area contributed by atoms with E-state index in [0.29, 0.717) is 12.2 Å². The van der Waals surface area contributed by atoms with Crippen molar-refractivity contribution in [2.24, 2.45) is 0 Å². The second-order valence-electron chi connectivity index (χ2n) is 5.22. The van der Waals surface area contributed by atoms with Crippen LogP contribution in [0.1, 0.15) is 5.56 Å². The normalized spacial score (nSPS) is 11.0. The van der Waals surface area contributed by atoms with Crippen LogP contribution in [-0.2, 0) is 16.4 Å². The van der Waals surface area contributed by atoms with Gasteiger partial charge in [0.1, 0.15) is 11.4 Å². The zero-order chi connectivity index (χ0) is 18.4. The first-order valence-corrected chi connectivity index (χ1v) is 9.03. The van der Waals surface area contributed by atoms with Crippen LogP contribution in [0.3, 0.4) is 0 Å². The molecule has 3 N–H and O–H groups in total. The Hall–Kier alpha value is -2.30. The summed E-state index contributed by atoms with van der Waals surface area (Å²) in [4.78, 5) is 3.86. The van der Waals surface area contributed by atoms with Crippen molar-refractivity contribution in [1.82, 2.24) is 4.98 Å². The molecule has 0 fully saturated rings. The third-order valence-electron chi connectivity index (χ3n) is 3.45. The molecule has 0 amide bonds. The van der Waals surface area contributed by atoms with E-state index < -0.39 is 17.1 Å². The molecule has 2 rings (SSSR count). The molecule has 0 spiro atoms. The molecule has 0 unspecified atom stereocenters. The predicted molar refractivity (Wildman–Crippen MR) is 94.7 cm³/mol. The van der Waals surface area contributed by atoms with Gasteiger partial charge in [0, 0.05) is 11.7 Å². The van der Waals surface area contributed by atoms with Crippen LogP contribution < -0.4 is 19.7 Å². The van der Waals surface area contributed by atoms with Gasteiger partial charge in [-0.25, -0.2) is 13.4 Å². The third kappa shape index (κ3) is 5.35. The fourth-order valence-corrected chi connectivity index (χ4v) is 3.20. The van der Waals surface area contributed by atoms with E-state index >= 15 is 0 Å². The number of pyridine rings is 1. The average molecular weight is 366 g/mol. The first kappa shape index (κ1) is 19.0. The summed E-state index contributed by atoms with van der Waals surface area (Å²) in [7, 11) is -2.55. The summed E-state index contributed by atoms with van der Waals surface area (Å²) in [5, 5.41) is 18.4. The van der Waals surface area contributed by atoms with E-state index in [2.05, 4.69) is 9.71 Å². The number of nitrogens with one attached hydrogen (secondary N) is 1. The minimum Gasteiger partial charge on any atom is -0.497 e. The van der Waals surface area contributed by atoms with Gasteiger partial charge in [0.15, 0.2) is 0 Å². The molecule has 0 saturated carbocycles. The van der Waals surface area contributed by atoms with Crippen molar-refractivity contribution in [3.63, 3.8) is 0 Å². The predicted octanol–water partition coefficient (Wildman–Crippen LogP) is -0.237. The fourth-order valence-electron chi connectivity index (χ4n) is 2.11. The third-order valence-corrected chi connectivity index (χ3v) is 4.72. The monoisotopic (exact) mass is 366 g/mol. The Morgan fingerprint density at radius 3 is 2.40 bits per heavy atom. The number of rotatable bonds is 8. The molecule has 0 atom stereocenters. The van der Waals surface area contributed by atoms with Crippen LogP contribution in [0, 0.1) is 0 Å². The van der Waals surface area contributed by atoms with Gasteiger partial charge in [0.05, 0.1) is 20.0 Å². The summed E-state index contributed by atoms with van der Waals surface area (Å²) in [5.41, 5.74) is 0.937. The van der Waals surface area contributed by atoms with E-state index in [4.69, 9.17) is 9.47 Å². The maximum absolute atomic E-state index is 12.3. The number of methoxy groups -OCH3 is 2. The van der Waals surface area contributed by atoms with Gasteiger partial charge in [-0.15, -0.1) is 0 Å². The molecule has 8 nitrogen and oxygen atoms in total. The highest BCUT2D eigenvalue weighted by Crippen LogP contribution is 2.21. The van der Waals surface area contributed by atoms with Crippen molar-refractivity contribution in [2.75, 3.05) is 24.7 Å². The van der Waals surface area contributed by atoms with E-state index in [1.807, 2.05) is 0 Å². The van der Waals surface area contributed by atoms with Crippen molar-refractivity contribution < 1.29 is 27.9 Å². The molecule has 2 aromatic rings. The van der Waals surface area contributed by atoms with Crippen LogP contribution in [0.4, 0.5) is 5.69 Å². The van der Waals surface area contributed by atoms with E-state index in [1.165, 1.54) is 19.4 Å².